The van der Waals surface area contributed by atoms with Crippen molar-refractivity contribution in [1.29, 1.82) is 0 Å². The lowest BCUT2D eigenvalue weighted by atomic mass is 10.1. The molecule has 0 aromatic rings. The molecule has 0 aliphatic carbocycles. The largest absolute Gasteiger partial charge is 0.481 e. The maximum absolute atomic E-state index is 10.3. The van der Waals surface area contributed by atoms with Crippen LogP contribution in [0.4, 0.5) is 0 Å². The molecule has 0 aromatic carbocycles. The van der Waals surface area contributed by atoms with E-state index in [9.17, 15) is 4.79 Å². The summed E-state index contributed by atoms with van der Waals surface area (Å²) in [6, 6.07) is 0. The topological polar surface area (TPSA) is 37.3 Å². The SMILES string of the molecule is CC/C=C/C=C/C=CC=CCCCCCCCC(=O)O. The third-order valence-electron chi connectivity index (χ3n) is 2.82. The average Bonchev–Trinajstić information content (AvgIpc) is 2.43. The Kier molecular flexibility index (Phi) is 14.3. The summed E-state index contributed by atoms with van der Waals surface area (Å²) in [6.07, 6.45) is 24.4. The Bertz CT molecular complexity index is 335. The summed E-state index contributed by atoms with van der Waals surface area (Å²) in [7, 11) is 0. The van der Waals surface area contributed by atoms with E-state index in [0.29, 0.717) is 6.42 Å². The van der Waals surface area contributed by atoms with Gasteiger partial charge in [-0.3, -0.25) is 4.79 Å². The molecule has 2 nitrogen and oxygen atoms in total. The number of aliphatic carboxylic acids is 1. The van der Waals surface area contributed by atoms with E-state index in [2.05, 4.69) is 31.2 Å². The molecule has 1 N–H and O–H groups in total. The van der Waals surface area contributed by atoms with E-state index >= 15 is 0 Å². The molecule has 0 spiro atoms. The molecule has 0 amide bonds. The van der Waals surface area contributed by atoms with Crippen LogP contribution in [0.3, 0.4) is 0 Å². The van der Waals surface area contributed by atoms with Gasteiger partial charge in [-0.25, -0.2) is 0 Å². The Morgan fingerprint density at radius 1 is 0.800 bits per heavy atom. The lowest BCUT2D eigenvalue weighted by Crippen LogP contribution is -1.93. The first-order chi connectivity index (χ1) is 9.77. The second-order valence-electron chi connectivity index (χ2n) is 4.73. The van der Waals surface area contributed by atoms with Crippen molar-refractivity contribution in [2.45, 2.75) is 58.3 Å². The molecule has 0 aliphatic rings. The molecule has 0 rings (SSSR count). The lowest BCUT2D eigenvalue weighted by molar-refractivity contribution is -0.137. The molecule has 0 heterocycles. The second kappa shape index (κ2) is 15.5. The van der Waals surface area contributed by atoms with Crippen LogP contribution in [0.15, 0.2) is 48.6 Å². The summed E-state index contributed by atoms with van der Waals surface area (Å²) in [6.45, 7) is 2.12. The predicted molar refractivity (Wildman–Crippen MR) is 86.8 cm³/mol. The first-order valence-corrected chi connectivity index (χ1v) is 7.64. The number of hydrogen-bond donors (Lipinski definition) is 1. The lowest BCUT2D eigenvalue weighted by Gasteiger charge is -1.97. The fraction of sp³-hybridized carbons (Fsp3) is 0.500. The van der Waals surface area contributed by atoms with Crippen molar-refractivity contribution in [3.8, 4) is 0 Å². The van der Waals surface area contributed by atoms with E-state index < -0.39 is 5.97 Å². The highest BCUT2D eigenvalue weighted by atomic mass is 16.4. The van der Waals surface area contributed by atoms with Crippen molar-refractivity contribution in [2.24, 2.45) is 0 Å². The highest BCUT2D eigenvalue weighted by molar-refractivity contribution is 5.66. The van der Waals surface area contributed by atoms with E-state index in [0.717, 1.165) is 32.1 Å². The van der Waals surface area contributed by atoms with Gasteiger partial charge in [0.25, 0.3) is 0 Å². The minimum atomic E-state index is -0.682. The Morgan fingerprint density at radius 2 is 1.35 bits per heavy atom. The average molecular weight is 276 g/mol. The van der Waals surface area contributed by atoms with E-state index in [1.165, 1.54) is 12.8 Å². The van der Waals surface area contributed by atoms with Crippen LogP contribution in [0.5, 0.6) is 0 Å². The summed E-state index contributed by atoms with van der Waals surface area (Å²) in [5.41, 5.74) is 0. The molecule has 2 heteroatoms. The van der Waals surface area contributed by atoms with Gasteiger partial charge in [-0.15, -0.1) is 0 Å². The van der Waals surface area contributed by atoms with Gasteiger partial charge in [-0.1, -0.05) is 74.8 Å². The number of allylic oxidation sites excluding steroid dienone is 8. The number of carboxylic acids is 1. The zero-order chi connectivity index (χ0) is 14.9. The van der Waals surface area contributed by atoms with Gasteiger partial charge in [0.15, 0.2) is 0 Å². The number of rotatable bonds is 12. The van der Waals surface area contributed by atoms with Crippen molar-refractivity contribution >= 4 is 5.97 Å². The Labute approximate surface area is 123 Å². The quantitative estimate of drug-likeness (QED) is 0.381. The molecule has 0 saturated carbocycles. The van der Waals surface area contributed by atoms with Crippen LogP contribution < -0.4 is 0 Å². The van der Waals surface area contributed by atoms with Gasteiger partial charge in [0.05, 0.1) is 0 Å². The first-order valence-electron chi connectivity index (χ1n) is 7.64. The zero-order valence-electron chi connectivity index (χ0n) is 12.6. The highest BCUT2D eigenvalue weighted by Crippen LogP contribution is 2.07. The fourth-order valence-electron chi connectivity index (χ4n) is 1.71. The molecular weight excluding hydrogens is 248 g/mol. The summed E-state index contributed by atoms with van der Waals surface area (Å²) < 4.78 is 0. The smallest absolute Gasteiger partial charge is 0.303 e. The Balaban J connectivity index is 3.35. The van der Waals surface area contributed by atoms with Gasteiger partial charge < -0.3 is 5.11 Å². The molecule has 0 unspecified atom stereocenters. The highest BCUT2D eigenvalue weighted by Gasteiger charge is 1.95. The fourth-order valence-corrected chi connectivity index (χ4v) is 1.71. The van der Waals surface area contributed by atoms with E-state index in [4.69, 9.17) is 5.11 Å². The number of carboxylic acid groups (broad SMARTS) is 1. The van der Waals surface area contributed by atoms with Gasteiger partial charge >= 0.3 is 5.97 Å². The summed E-state index contributed by atoms with van der Waals surface area (Å²) in [4.78, 5) is 10.3. The van der Waals surface area contributed by atoms with Crippen LogP contribution in [-0.2, 0) is 4.79 Å². The minimum absolute atomic E-state index is 0.311. The number of unbranched alkanes of at least 4 members (excludes halogenated alkanes) is 5. The van der Waals surface area contributed by atoms with E-state index in [1.807, 2.05) is 24.3 Å². The van der Waals surface area contributed by atoms with Gasteiger partial charge in [0, 0.05) is 6.42 Å². The molecule has 0 aliphatic heterocycles. The van der Waals surface area contributed by atoms with Crippen LogP contribution in [-0.4, -0.2) is 11.1 Å². The van der Waals surface area contributed by atoms with Crippen molar-refractivity contribution in [1.82, 2.24) is 0 Å². The summed E-state index contributed by atoms with van der Waals surface area (Å²) in [5, 5.41) is 8.49. The molecule has 0 aromatic heterocycles. The normalized spacial score (nSPS) is 12.4. The first kappa shape index (κ1) is 18.4. The van der Waals surface area contributed by atoms with Crippen LogP contribution in [0.2, 0.25) is 0 Å². The maximum atomic E-state index is 10.3. The van der Waals surface area contributed by atoms with Crippen LogP contribution in [0, 0.1) is 0 Å². The molecule has 20 heavy (non-hydrogen) atoms. The number of hydrogen-bond acceptors (Lipinski definition) is 1. The van der Waals surface area contributed by atoms with Gasteiger partial charge in [-0.05, 0) is 25.7 Å². The van der Waals surface area contributed by atoms with Crippen molar-refractivity contribution in [2.75, 3.05) is 0 Å². The van der Waals surface area contributed by atoms with E-state index in [-0.39, 0.29) is 0 Å². The summed E-state index contributed by atoms with van der Waals surface area (Å²) in [5.74, 6) is -0.682. The predicted octanol–water partition coefficient (Wildman–Crippen LogP) is 5.44. The Morgan fingerprint density at radius 3 is 2.00 bits per heavy atom. The molecule has 0 atom stereocenters. The maximum Gasteiger partial charge on any atom is 0.303 e. The van der Waals surface area contributed by atoms with Crippen LogP contribution in [0.25, 0.3) is 0 Å². The minimum Gasteiger partial charge on any atom is -0.481 e. The molecule has 0 saturated heterocycles. The molecule has 112 valence electrons. The second-order valence-corrected chi connectivity index (χ2v) is 4.73. The van der Waals surface area contributed by atoms with Crippen molar-refractivity contribution < 1.29 is 9.90 Å². The van der Waals surface area contributed by atoms with E-state index in [1.54, 1.807) is 0 Å². The monoisotopic (exact) mass is 276 g/mol. The van der Waals surface area contributed by atoms with Crippen molar-refractivity contribution in [3.63, 3.8) is 0 Å². The van der Waals surface area contributed by atoms with Crippen LogP contribution >= 0.6 is 0 Å². The van der Waals surface area contributed by atoms with Gasteiger partial charge in [-0.2, -0.15) is 0 Å². The Hall–Kier alpha value is -1.57. The third-order valence-corrected chi connectivity index (χ3v) is 2.82. The molecular formula is C18H28O2. The third kappa shape index (κ3) is 16.4. The van der Waals surface area contributed by atoms with Crippen LogP contribution in [0.1, 0.15) is 58.3 Å². The standard InChI is InChI=1S/C18H28O2/c1-2-3-4-5-6-7-8-9-10-11-12-13-14-15-16-17-18(19)20/h3-10H,2,11-17H2,1H3,(H,19,20)/b4-3+,6-5+,8-7?,10-9?. The number of carbonyl (C=O) groups is 1. The van der Waals surface area contributed by atoms with Crippen molar-refractivity contribution in [3.05, 3.63) is 48.6 Å². The van der Waals surface area contributed by atoms with Gasteiger partial charge in [0.1, 0.15) is 0 Å². The zero-order valence-corrected chi connectivity index (χ0v) is 12.6. The van der Waals surface area contributed by atoms with Gasteiger partial charge in [0.2, 0.25) is 0 Å². The summed E-state index contributed by atoms with van der Waals surface area (Å²) >= 11 is 0. The molecule has 0 bridgehead atoms. The molecule has 0 radical (unpaired) electrons. The molecule has 0 fully saturated rings.